The molecule has 19 heavy (non-hydrogen) atoms. The summed E-state index contributed by atoms with van der Waals surface area (Å²) in [5, 5.41) is 10.1. The fraction of sp³-hybridized carbons (Fsp3) is 0.250. The maximum absolute atomic E-state index is 13.9. The first-order chi connectivity index (χ1) is 9.08. The molecule has 0 aliphatic rings. The SMILES string of the molecule is Cc1cc(C)c(C(O)COc2ccccc2)c(F)c1. The van der Waals surface area contributed by atoms with Gasteiger partial charge in [0, 0.05) is 5.56 Å². The molecule has 0 aromatic heterocycles. The molecule has 0 aliphatic carbocycles. The molecule has 0 radical (unpaired) electrons. The minimum Gasteiger partial charge on any atom is -0.491 e. The summed E-state index contributed by atoms with van der Waals surface area (Å²) < 4.78 is 19.3. The van der Waals surface area contributed by atoms with Gasteiger partial charge >= 0.3 is 0 Å². The molecule has 1 N–H and O–H groups in total. The van der Waals surface area contributed by atoms with Gasteiger partial charge in [0.2, 0.25) is 0 Å². The number of rotatable bonds is 4. The van der Waals surface area contributed by atoms with E-state index in [1.807, 2.05) is 31.2 Å². The van der Waals surface area contributed by atoms with Crippen molar-refractivity contribution in [1.29, 1.82) is 0 Å². The number of para-hydroxylation sites is 1. The van der Waals surface area contributed by atoms with Crippen molar-refractivity contribution in [3.05, 3.63) is 65.0 Å². The van der Waals surface area contributed by atoms with E-state index in [4.69, 9.17) is 4.74 Å². The Morgan fingerprint density at radius 3 is 2.47 bits per heavy atom. The molecule has 2 rings (SSSR count). The number of aryl methyl sites for hydroxylation is 2. The summed E-state index contributed by atoms with van der Waals surface area (Å²) in [6, 6.07) is 12.4. The maximum Gasteiger partial charge on any atom is 0.129 e. The van der Waals surface area contributed by atoms with Crippen LogP contribution in [0.5, 0.6) is 5.75 Å². The van der Waals surface area contributed by atoms with Crippen LogP contribution in [-0.4, -0.2) is 11.7 Å². The van der Waals surface area contributed by atoms with E-state index in [1.165, 1.54) is 6.07 Å². The maximum atomic E-state index is 13.9. The lowest BCUT2D eigenvalue weighted by atomic mass is 10.0. The topological polar surface area (TPSA) is 29.5 Å². The normalized spacial score (nSPS) is 12.2. The smallest absolute Gasteiger partial charge is 0.129 e. The molecular weight excluding hydrogens is 243 g/mol. The van der Waals surface area contributed by atoms with Crippen LogP contribution >= 0.6 is 0 Å². The van der Waals surface area contributed by atoms with Gasteiger partial charge in [-0.15, -0.1) is 0 Å². The molecule has 1 unspecified atom stereocenters. The first kappa shape index (κ1) is 13.6. The Morgan fingerprint density at radius 1 is 1.16 bits per heavy atom. The van der Waals surface area contributed by atoms with Crippen LogP contribution in [-0.2, 0) is 0 Å². The highest BCUT2D eigenvalue weighted by atomic mass is 19.1. The number of benzene rings is 2. The second-order valence-electron chi connectivity index (χ2n) is 4.62. The zero-order chi connectivity index (χ0) is 13.8. The number of ether oxygens (including phenoxy) is 1. The molecule has 2 aromatic rings. The Balaban J connectivity index is 2.10. The molecule has 1 atom stereocenters. The summed E-state index contributed by atoms with van der Waals surface area (Å²) in [6.45, 7) is 3.65. The molecule has 3 heteroatoms. The number of aliphatic hydroxyl groups is 1. The van der Waals surface area contributed by atoms with Gasteiger partial charge in [-0.2, -0.15) is 0 Å². The first-order valence-electron chi connectivity index (χ1n) is 6.20. The predicted octanol–water partition coefficient (Wildman–Crippen LogP) is 3.55. The Bertz CT molecular complexity index is 529. The van der Waals surface area contributed by atoms with Gasteiger partial charge in [-0.25, -0.2) is 4.39 Å². The van der Waals surface area contributed by atoms with Gasteiger partial charge in [0.15, 0.2) is 0 Å². The fourth-order valence-corrected chi connectivity index (χ4v) is 2.12. The summed E-state index contributed by atoms with van der Waals surface area (Å²) in [6.07, 6.45) is -0.971. The monoisotopic (exact) mass is 260 g/mol. The van der Waals surface area contributed by atoms with Gasteiger partial charge < -0.3 is 9.84 Å². The first-order valence-corrected chi connectivity index (χ1v) is 6.20. The number of aliphatic hydroxyl groups excluding tert-OH is 1. The zero-order valence-corrected chi connectivity index (χ0v) is 11.1. The average Bonchev–Trinajstić information content (AvgIpc) is 2.36. The fourth-order valence-electron chi connectivity index (χ4n) is 2.12. The second kappa shape index (κ2) is 5.85. The summed E-state index contributed by atoms with van der Waals surface area (Å²) in [5.41, 5.74) is 1.89. The van der Waals surface area contributed by atoms with Crippen molar-refractivity contribution in [1.82, 2.24) is 0 Å². The van der Waals surface area contributed by atoms with E-state index >= 15 is 0 Å². The number of halogens is 1. The zero-order valence-electron chi connectivity index (χ0n) is 11.1. The summed E-state index contributed by atoms with van der Waals surface area (Å²) >= 11 is 0. The predicted molar refractivity (Wildman–Crippen MR) is 72.8 cm³/mol. The van der Waals surface area contributed by atoms with Gasteiger partial charge in [-0.1, -0.05) is 24.3 Å². The second-order valence-corrected chi connectivity index (χ2v) is 4.62. The van der Waals surface area contributed by atoms with Crippen molar-refractivity contribution in [3.8, 4) is 5.75 Å². The third kappa shape index (κ3) is 3.32. The Hall–Kier alpha value is -1.87. The molecular formula is C16H17FO2. The summed E-state index contributed by atoms with van der Waals surface area (Å²) in [5.74, 6) is 0.272. The quantitative estimate of drug-likeness (QED) is 0.910. The van der Waals surface area contributed by atoms with Crippen molar-refractivity contribution in [3.63, 3.8) is 0 Å². The molecule has 0 spiro atoms. The van der Waals surface area contributed by atoms with Crippen molar-refractivity contribution in [2.75, 3.05) is 6.61 Å². The lowest BCUT2D eigenvalue weighted by Crippen LogP contribution is -2.13. The third-order valence-electron chi connectivity index (χ3n) is 2.97. The van der Waals surface area contributed by atoms with Gasteiger partial charge in [0.1, 0.15) is 24.3 Å². The molecule has 0 bridgehead atoms. The van der Waals surface area contributed by atoms with Crippen LogP contribution in [0.15, 0.2) is 42.5 Å². The van der Waals surface area contributed by atoms with Crippen molar-refractivity contribution in [2.45, 2.75) is 20.0 Å². The van der Waals surface area contributed by atoms with Crippen LogP contribution in [0.3, 0.4) is 0 Å². The minimum absolute atomic E-state index is 0.0326. The number of hydrogen-bond donors (Lipinski definition) is 1. The molecule has 0 fully saturated rings. The third-order valence-corrected chi connectivity index (χ3v) is 2.97. The van der Waals surface area contributed by atoms with Gasteiger partial charge in [0.05, 0.1) is 0 Å². The average molecular weight is 260 g/mol. The summed E-state index contributed by atoms with van der Waals surface area (Å²) in [7, 11) is 0. The standard InChI is InChI=1S/C16H17FO2/c1-11-8-12(2)16(14(17)9-11)15(18)10-19-13-6-4-3-5-7-13/h3-9,15,18H,10H2,1-2H3. The Labute approximate surface area is 112 Å². The molecule has 0 aliphatic heterocycles. The lowest BCUT2D eigenvalue weighted by molar-refractivity contribution is 0.104. The van der Waals surface area contributed by atoms with Crippen molar-refractivity contribution in [2.24, 2.45) is 0 Å². The van der Waals surface area contributed by atoms with E-state index in [-0.39, 0.29) is 12.4 Å². The van der Waals surface area contributed by atoms with Crippen LogP contribution in [0.1, 0.15) is 22.8 Å². The van der Waals surface area contributed by atoms with E-state index in [0.717, 1.165) is 11.1 Å². The van der Waals surface area contributed by atoms with Crippen LogP contribution < -0.4 is 4.74 Å². The van der Waals surface area contributed by atoms with Crippen molar-refractivity contribution >= 4 is 0 Å². The van der Waals surface area contributed by atoms with Crippen LogP contribution in [0.4, 0.5) is 4.39 Å². The minimum atomic E-state index is -0.971. The van der Waals surface area contributed by atoms with Crippen LogP contribution in [0.25, 0.3) is 0 Å². The number of hydrogen-bond acceptors (Lipinski definition) is 2. The largest absolute Gasteiger partial charge is 0.491 e. The molecule has 2 nitrogen and oxygen atoms in total. The van der Waals surface area contributed by atoms with Crippen molar-refractivity contribution < 1.29 is 14.2 Å². The highest BCUT2D eigenvalue weighted by Crippen LogP contribution is 2.23. The lowest BCUT2D eigenvalue weighted by Gasteiger charge is -2.16. The van der Waals surface area contributed by atoms with E-state index < -0.39 is 6.10 Å². The van der Waals surface area contributed by atoms with E-state index in [0.29, 0.717) is 11.3 Å². The van der Waals surface area contributed by atoms with E-state index in [1.54, 1.807) is 19.1 Å². The highest BCUT2D eigenvalue weighted by molar-refractivity contribution is 5.33. The van der Waals surface area contributed by atoms with E-state index in [9.17, 15) is 9.50 Å². The van der Waals surface area contributed by atoms with Gasteiger partial charge in [-0.05, 0) is 43.2 Å². The van der Waals surface area contributed by atoms with Gasteiger partial charge in [0.25, 0.3) is 0 Å². The Morgan fingerprint density at radius 2 is 1.84 bits per heavy atom. The van der Waals surface area contributed by atoms with Crippen LogP contribution in [0.2, 0.25) is 0 Å². The highest BCUT2D eigenvalue weighted by Gasteiger charge is 2.16. The molecule has 100 valence electrons. The molecule has 0 amide bonds. The molecule has 0 saturated carbocycles. The van der Waals surface area contributed by atoms with E-state index in [2.05, 4.69) is 0 Å². The molecule has 0 heterocycles. The van der Waals surface area contributed by atoms with Crippen LogP contribution in [0, 0.1) is 19.7 Å². The Kier molecular flexibility index (Phi) is 4.17. The molecule has 2 aromatic carbocycles. The molecule has 0 saturated heterocycles. The van der Waals surface area contributed by atoms with Gasteiger partial charge in [-0.3, -0.25) is 0 Å². The summed E-state index contributed by atoms with van der Waals surface area (Å²) in [4.78, 5) is 0.